The molecule has 1 aliphatic carbocycles. The van der Waals surface area contributed by atoms with E-state index >= 15 is 0 Å². The van der Waals surface area contributed by atoms with Gasteiger partial charge in [0.15, 0.2) is 0 Å². The van der Waals surface area contributed by atoms with E-state index in [1.54, 1.807) is 6.92 Å². The van der Waals surface area contributed by atoms with Gasteiger partial charge in [0.2, 0.25) is 0 Å². The highest BCUT2D eigenvalue weighted by molar-refractivity contribution is 5.37. The Balaban J connectivity index is 2.11. The maximum absolute atomic E-state index is 9.40. The van der Waals surface area contributed by atoms with Gasteiger partial charge in [-0.15, -0.1) is 0 Å². The molecular formula is C14H20O2. The van der Waals surface area contributed by atoms with Gasteiger partial charge in [-0.2, -0.15) is 0 Å². The fourth-order valence-corrected chi connectivity index (χ4v) is 2.10. The highest BCUT2D eigenvalue weighted by Crippen LogP contribution is 2.26. The SMILES string of the molecule is CC(O)C(C)Oc1ccc2c(c1)CCCC2. The van der Waals surface area contributed by atoms with Crippen LogP contribution in [0.5, 0.6) is 5.75 Å². The topological polar surface area (TPSA) is 29.5 Å². The Kier molecular flexibility index (Phi) is 3.49. The van der Waals surface area contributed by atoms with Crippen molar-refractivity contribution in [1.29, 1.82) is 0 Å². The predicted molar refractivity (Wildman–Crippen MR) is 64.9 cm³/mol. The number of rotatable bonds is 3. The summed E-state index contributed by atoms with van der Waals surface area (Å²) in [5.74, 6) is 0.883. The van der Waals surface area contributed by atoms with Gasteiger partial charge in [-0.1, -0.05) is 6.07 Å². The maximum Gasteiger partial charge on any atom is 0.121 e. The minimum atomic E-state index is -0.434. The summed E-state index contributed by atoms with van der Waals surface area (Å²) in [5.41, 5.74) is 2.88. The van der Waals surface area contributed by atoms with Crippen molar-refractivity contribution in [1.82, 2.24) is 0 Å². The van der Waals surface area contributed by atoms with Crippen molar-refractivity contribution in [2.45, 2.75) is 51.7 Å². The molecular weight excluding hydrogens is 200 g/mol. The molecule has 2 heteroatoms. The predicted octanol–water partition coefficient (Wildman–Crippen LogP) is 2.71. The van der Waals surface area contributed by atoms with Crippen LogP contribution in [0.25, 0.3) is 0 Å². The van der Waals surface area contributed by atoms with E-state index in [0.717, 1.165) is 12.2 Å². The van der Waals surface area contributed by atoms with Crippen molar-refractivity contribution in [2.24, 2.45) is 0 Å². The van der Waals surface area contributed by atoms with Crippen LogP contribution in [0.1, 0.15) is 37.8 Å². The summed E-state index contributed by atoms with van der Waals surface area (Å²) >= 11 is 0. The second-order valence-electron chi connectivity index (χ2n) is 4.70. The summed E-state index contributed by atoms with van der Waals surface area (Å²) in [4.78, 5) is 0. The highest BCUT2D eigenvalue weighted by atomic mass is 16.5. The Morgan fingerprint density at radius 2 is 1.81 bits per heavy atom. The number of hydrogen-bond acceptors (Lipinski definition) is 2. The summed E-state index contributed by atoms with van der Waals surface area (Å²) in [6.45, 7) is 3.65. The van der Waals surface area contributed by atoms with Crippen molar-refractivity contribution in [2.75, 3.05) is 0 Å². The molecule has 0 saturated heterocycles. The molecule has 0 fully saturated rings. The third-order valence-corrected chi connectivity index (χ3v) is 3.32. The lowest BCUT2D eigenvalue weighted by Crippen LogP contribution is -2.25. The first kappa shape index (κ1) is 11.5. The van der Waals surface area contributed by atoms with Crippen LogP contribution in [0, 0.1) is 0 Å². The number of fused-ring (bicyclic) bond motifs is 1. The van der Waals surface area contributed by atoms with Crippen LogP contribution in [0.2, 0.25) is 0 Å². The molecule has 2 rings (SSSR count). The van der Waals surface area contributed by atoms with Crippen LogP contribution >= 0.6 is 0 Å². The smallest absolute Gasteiger partial charge is 0.121 e. The van der Waals surface area contributed by atoms with E-state index in [0.29, 0.717) is 0 Å². The van der Waals surface area contributed by atoms with Crippen LogP contribution in [0.3, 0.4) is 0 Å². The summed E-state index contributed by atoms with van der Waals surface area (Å²) in [6.07, 6.45) is 4.36. The van der Waals surface area contributed by atoms with Crippen LogP contribution in [0.4, 0.5) is 0 Å². The van der Waals surface area contributed by atoms with Gasteiger partial charge < -0.3 is 9.84 Å². The molecule has 2 unspecified atom stereocenters. The average Bonchev–Trinajstić information content (AvgIpc) is 2.28. The van der Waals surface area contributed by atoms with Gasteiger partial charge in [-0.3, -0.25) is 0 Å². The first-order valence-electron chi connectivity index (χ1n) is 6.13. The molecule has 2 atom stereocenters. The van der Waals surface area contributed by atoms with Gasteiger partial charge in [0, 0.05) is 0 Å². The number of benzene rings is 1. The molecule has 0 spiro atoms. The molecule has 0 saturated carbocycles. The summed E-state index contributed by atoms with van der Waals surface area (Å²) in [7, 11) is 0. The van der Waals surface area contributed by atoms with Crippen LogP contribution in [0.15, 0.2) is 18.2 Å². The first-order chi connectivity index (χ1) is 7.66. The zero-order valence-electron chi connectivity index (χ0n) is 10.1. The lowest BCUT2D eigenvalue weighted by atomic mass is 9.92. The second-order valence-corrected chi connectivity index (χ2v) is 4.70. The molecule has 1 aromatic rings. The van der Waals surface area contributed by atoms with Gasteiger partial charge in [0.05, 0.1) is 6.10 Å². The Morgan fingerprint density at radius 3 is 2.50 bits per heavy atom. The van der Waals surface area contributed by atoms with Gasteiger partial charge in [0.25, 0.3) is 0 Å². The lowest BCUT2D eigenvalue weighted by molar-refractivity contribution is 0.0604. The first-order valence-corrected chi connectivity index (χ1v) is 6.13. The Bertz CT molecular complexity index is 358. The summed E-state index contributed by atoms with van der Waals surface area (Å²) in [5, 5.41) is 9.40. The van der Waals surface area contributed by atoms with Gasteiger partial charge in [-0.05, 0) is 62.8 Å². The average molecular weight is 220 g/mol. The van der Waals surface area contributed by atoms with Gasteiger partial charge in [-0.25, -0.2) is 0 Å². The zero-order valence-corrected chi connectivity index (χ0v) is 10.1. The Hall–Kier alpha value is -1.02. The maximum atomic E-state index is 9.40. The van der Waals surface area contributed by atoms with Crippen molar-refractivity contribution in [3.05, 3.63) is 29.3 Å². The molecule has 1 aromatic carbocycles. The molecule has 88 valence electrons. The van der Waals surface area contributed by atoms with E-state index in [-0.39, 0.29) is 6.10 Å². The van der Waals surface area contributed by atoms with Crippen LogP contribution in [-0.4, -0.2) is 17.3 Å². The number of aliphatic hydroxyl groups is 1. The number of aryl methyl sites for hydroxylation is 2. The molecule has 16 heavy (non-hydrogen) atoms. The zero-order chi connectivity index (χ0) is 11.5. The molecule has 0 aliphatic heterocycles. The van der Waals surface area contributed by atoms with Gasteiger partial charge >= 0.3 is 0 Å². The minimum Gasteiger partial charge on any atom is -0.488 e. The molecule has 0 bridgehead atoms. The molecule has 0 aromatic heterocycles. The number of hydrogen-bond donors (Lipinski definition) is 1. The normalized spacial score (nSPS) is 18.7. The number of aliphatic hydroxyl groups excluding tert-OH is 1. The third kappa shape index (κ3) is 2.56. The molecule has 0 radical (unpaired) electrons. The van der Waals surface area contributed by atoms with Crippen molar-refractivity contribution < 1.29 is 9.84 Å². The Morgan fingerprint density at radius 1 is 1.12 bits per heavy atom. The Labute approximate surface area is 97.3 Å². The fourth-order valence-electron chi connectivity index (χ4n) is 2.10. The fraction of sp³-hybridized carbons (Fsp3) is 0.571. The summed E-state index contributed by atoms with van der Waals surface area (Å²) < 4.78 is 5.69. The van der Waals surface area contributed by atoms with Gasteiger partial charge in [0.1, 0.15) is 11.9 Å². The molecule has 0 heterocycles. The minimum absolute atomic E-state index is 0.151. The molecule has 2 nitrogen and oxygen atoms in total. The van der Waals surface area contributed by atoms with E-state index in [2.05, 4.69) is 12.1 Å². The number of ether oxygens (including phenoxy) is 1. The van der Waals surface area contributed by atoms with E-state index < -0.39 is 6.10 Å². The molecule has 1 N–H and O–H groups in total. The molecule has 1 aliphatic rings. The monoisotopic (exact) mass is 220 g/mol. The highest BCUT2D eigenvalue weighted by Gasteiger charge is 2.13. The molecule has 0 amide bonds. The van der Waals surface area contributed by atoms with Crippen molar-refractivity contribution in [3.8, 4) is 5.75 Å². The second kappa shape index (κ2) is 4.88. The van der Waals surface area contributed by atoms with Crippen molar-refractivity contribution >= 4 is 0 Å². The van der Waals surface area contributed by atoms with E-state index in [1.807, 2.05) is 13.0 Å². The quantitative estimate of drug-likeness (QED) is 0.848. The van der Waals surface area contributed by atoms with E-state index in [1.165, 1.54) is 30.4 Å². The van der Waals surface area contributed by atoms with E-state index in [4.69, 9.17) is 4.74 Å². The largest absolute Gasteiger partial charge is 0.488 e. The van der Waals surface area contributed by atoms with Crippen LogP contribution < -0.4 is 4.74 Å². The van der Waals surface area contributed by atoms with Crippen LogP contribution in [-0.2, 0) is 12.8 Å². The van der Waals surface area contributed by atoms with Crippen molar-refractivity contribution in [3.63, 3.8) is 0 Å². The summed E-state index contributed by atoms with van der Waals surface area (Å²) in [6, 6.07) is 6.31. The van der Waals surface area contributed by atoms with E-state index in [9.17, 15) is 5.11 Å². The standard InChI is InChI=1S/C14H20O2/c1-10(15)11(2)16-14-8-7-12-5-3-4-6-13(12)9-14/h7-11,15H,3-6H2,1-2H3. The third-order valence-electron chi connectivity index (χ3n) is 3.32. The lowest BCUT2D eigenvalue weighted by Gasteiger charge is -2.20.